The van der Waals surface area contributed by atoms with Gasteiger partial charge in [0.15, 0.2) is 0 Å². The average Bonchev–Trinajstić information content (AvgIpc) is 2.96. The van der Waals surface area contributed by atoms with Crippen molar-refractivity contribution in [1.82, 2.24) is 4.98 Å². The molecule has 0 spiro atoms. The Balaban J connectivity index is 2.09. The van der Waals surface area contributed by atoms with Gasteiger partial charge in [0, 0.05) is 27.9 Å². The number of nitrogens with zero attached hydrogens (tertiary/aromatic N) is 1. The molecular weight excluding hydrogens is 322 g/mol. The Morgan fingerprint density at radius 1 is 1.08 bits per heavy atom. The fraction of sp³-hybridized carbons (Fsp3) is 0.211. The van der Waals surface area contributed by atoms with Crippen molar-refractivity contribution < 1.29 is 4.42 Å². The summed E-state index contributed by atoms with van der Waals surface area (Å²) in [7, 11) is 0. The monoisotopic (exact) mass is 339 g/mol. The number of hydrogen-bond acceptors (Lipinski definition) is 3. The lowest BCUT2D eigenvalue weighted by atomic mass is 10.1. The molecule has 0 radical (unpaired) electrons. The Bertz CT molecular complexity index is 1090. The van der Waals surface area contributed by atoms with Gasteiger partial charge in [0.05, 0.1) is 10.7 Å². The van der Waals surface area contributed by atoms with Crippen molar-refractivity contribution >= 4 is 44.6 Å². The number of hydrogen-bond donors (Lipinski definition) is 2. The van der Waals surface area contributed by atoms with Crippen LogP contribution in [0.2, 0.25) is 5.02 Å². The number of unbranched alkanes of at least 4 members (excludes halogenated alkanes) is 1. The summed E-state index contributed by atoms with van der Waals surface area (Å²) in [5.41, 5.74) is 8.14. The van der Waals surface area contributed by atoms with Crippen molar-refractivity contribution in [3.05, 3.63) is 52.8 Å². The number of nitrogens with one attached hydrogen (secondary N) is 1. The normalized spacial score (nSPS) is 12.7. The van der Waals surface area contributed by atoms with Gasteiger partial charge in [-0.3, -0.25) is 4.99 Å². The second-order valence-electron chi connectivity index (χ2n) is 5.84. The lowest BCUT2D eigenvalue weighted by Gasteiger charge is -2.02. The van der Waals surface area contributed by atoms with Gasteiger partial charge in [-0.05, 0) is 43.7 Å². The molecule has 0 aliphatic heterocycles. The molecule has 3 N–H and O–H groups in total. The molecule has 24 heavy (non-hydrogen) atoms. The van der Waals surface area contributed by atoms with Crippen LogP contribution in [0.4, 0.5) is 0 Å². The average molecular weight is 340 g/mol. The molecule has 122 valence electrons. The van der Waals surface area contributed by atoms with E-state index in [-0.39, 0.29) is 0 Å². The van der Waals surface area contributed by atoms with E-state index in [1.165, 1.54) is 0 Å². The number of H-pyrrole nitrogens is 1. The number of halogens is 1. The van der Waals surface area contributed by atoms with Crippen LogP contribution >= 0.6 is 11.6 Å². The lowest BCUT2D eigenvalue weighted by Crippen LogP contribution is -2.07. The second-order valence-corrected chi connectivity index (χ2v) is 6.28. The lowest BCUT2D eigenvalue weighted by molar-refractivity contribution is 0.647. The number of rotatable bonds is 4. The van der Waals surface area contributed by atoms with Gasteiger partial charge in [-0.2, -0.15) is 0 Å². The molecule has 5 heteroatoms. The van der Waals surface area contributed by atoms with Crippen molar-refractivity contribution in [3.8, 4) is 0 Å². The molecule has 0 saturated carbocycles. The third kappa shape index (κ3) is 2.58. The molecule has 4 aromatic rings. The van der Waals surface area contributed by atoms with Gasteiger partial charge in [0.2, 0.25) is 5.71 Å². The van der Waals surface area contributed by atoms with E-state index in [2.05, 4.69) is 11.1 Å². The zero-order valence-corrected chi connectivity index (χ0v) is 13.9. The highest BCUT2D eigenvalue weighted by Gasteiger charge is 2.12. The maximum absolute atomic E-state index is 6.21. The second kappa shape index (κ2) is 6.30. The van der Waals surface area contributed by atoms with Crippen LogP contribution in [-0.4, -0.2) is 18.1 Å². The molecule has 0 aliphatic carbocycles. The first-order chi connectivity index (χ1) is 11.8. The Labute approximate surface area is 143 Å². The van der Waals surface area contributed by atoms with E-state index < -0.39 is 0 Å². The van der Waals surface area contributed by atoms with Gasteiger partial charge in [0.1, 0.15) is 5.58 Å². The van der Waals surface area contributed by atoms with Gasteiger partial charge in [-0.15, -0.1) is 0 Å². The predicted octanol–water partition coefficient (Wildman–Crippen LogP) is 4.36. The van der Waals surface area contributed by atoms with Crippen LogP contribution in [0, 0.1) is 0 Å². The van der Waals surface area contributed by atoms with Crippen LogP contribution in [0.1, 0.15) is 12.8 Å². The van der Waals surface area contributed by atoms with E-state index in [1.54, 1.807) is 0 Å². The predicted molar refractivity (Wildman–Crippen MR) is 99.3 cm³/mol. The van der Waals surface area contributed by atoms with Crippen LogP contribution in [-0.2, 0) is 0 Å². The first-order valence-electron chi connectivity index (χ1n) is 8.11. The molecule has 2 heterocycles. The summed E-state index contributed by atoms with van der Waals surface area (Å²) in [6.45, 7) is 1.42. The van der Waals surface area contributed by atoms with E-state index in [4.69, 9.17) is 26.7 Å². The van der Waals surface area contributed by atoms with Crippen LogP contribution in [0.25, 0.3) is 33.0 Å². The smallest absolute Gasteiger partial charge is 0.208 e. The third-order valence-corrected chi connectivity index (χ3v) is 4.43. The van der Waals surface area contributed by atoms with E-state index in [1.807, 2.05) is 36.4 Å². The first kappa shape index (κ1) is 15.2. The summed E-state index contributed by atoms with van der Waals surface area (Å²) >= 11 is 6.21. The Morgan fingerprint density at radius 2 is 1.96 bits per heavy atom. The molecule has 0 atom stereocenters. The molecule has 4 rings (SSSR count). The van der Waals surface area contributed by atoms with Crippen molar-refractivity contribution in [1.29, 1.82) is 0 Å². The van der Waals surface area contributed by atoms with Gasteiger partial charge >= 0.3 is 0 Å². The maximum atomic E-state index is 6.21. The molecule has 4 nitrogen and oxygen atoms in total. The summed E-state index contributed by atoms with van der Waals surface area (Å²) in [5.74, 6) is 0. The molecule has 2 aromatic heterocycles. The summed E-state index contributed by atoms with van der Waals surface area (Å²) in [6, 6.07) is 13.8. The van der Waals surface area contributed by atoms with Crippen molar-refractivity contribution in [3.63, 3.8) is 0 Å². The van der Waals surface area contributed by atoms with Gasteiger partial charge in [-0.25, -0.2) is 0 Å². The summed E-state index contributed by atoms with van der Waals surface area (Å²) in [5, 5.41) is 4.66. The summed E-state index contributed by atoms with van der Waals surface area (Å²) in [6.07, 6.45) is 1.94. The molecule has 0 bridgehead atoms. The largest absolute Gasteiger partial charge is 0.440 e. The number of aromatic amines is 1. The minimum absolute atomic E-state index is 0.676. The molecular formula is C19H18ClN3O. The first-order valence-corrected chi connectivity index (χ1v) is 8.49. The number of nitrogens with two attached hydrogens (primary N) is 1. The van der Waals surface area contributed by atoms with Crippen LogP contribution in [0.3, 0.4) is 0 Å². The maximum Gasteiger partial charge on any atom is 0.208 e. The molecule has 2 aromatic carbocycles. The topological polar surface area (TPSA) is 67.3 Å². The highest BCUT2D eigenvalue weighted by Crippen LogP contribution is 2.27. The van der Waals surface area contributed by atoms with Crippen molar-refractivity contribution in [2.75, 3.05) is 13.1 Å². The van der Waals surface area contributed by atoms with E-state index in [0.717, 1.165) is 57.7 Å². The standard InChI is InChI=1S/C19H18ClN3O/c20-12-7-8-16-14(11-12)18(22-10-4-3-9-21)17-13-5-1-2-6-15(13)23-19(17)24-16/h1-2,5-8,11,23H,3-4,9-10,21H2. The molecule has 0 aliphatic rings. The fourth-order valence-corrected chi connectivity index (χ4v) is 3.23. The van der Waals surface area contributed by atoms with Gasteiger partial charge < -0.3 is 15.1 Å². The number of para-hydroxylation sites is 1. The van der Waals surface area contributed by atoms with Crippen LogP contribution < -0.4 is 11.1 Å². The van der Waals surface area contributed by atoms with Crippen molar-refractivity contribution in [2.45, 2.75) is 12.8 Å². The molecule has 0 fully saturated rings. The summed E-state index contributed by atoms with van der Waals surface area (Å²) < 4.78 is 6.06. The van der Waals surface area contributed by atoms with Crippen LogP contribution in [0.5, 0.6) is 0 Å². The number of fused-ring (bicyclic) bond motifs is 4. The minimum Gasteiger partial charge on any atom is -0.440 e. The fourth-order valence-electron chi connectivity index (χ4n) is 3.06. The van der Waals surface area contributed by atoms with E-state index in [9.17, 15) is 0 Å². The zero-order valence-electron chi connectivity index (χ0n) is 13.2. The number of aromatic nitrogens is 1. The van der Waals surface area contributed by atoms with E-state index >= 15 is 0 Å². The third-order valence-electron chi connectivity index (χ3n) is 4.20. The zero-order chi connectivity index (χ0) is 16.5. The SMILES string of the molecule is NCCCCN=c1c2cc(Cl)ccc2oc2[nH]c3ccccc3c12. The number of benzene rings is 2. The highest BCUT2D eigenvalue weighted by atomic mass is 35.5. The summed E-state index contributed by atoms with van der Waals surface area (Å²) in [4.78, 5) is 8.22. The molecule has 0 saturated heterocycles. The minimum atomic E-state index is 0.676. The Kier molecular flexibility index (Phi) is 4.00. The van der Waals surface area contributed by atoms with E-state index in [0.29, 0.717) is 11.6 Å². The molecule has 0 unspecified atom stereocenters. The van der Waals surface area contributed by atoms with Gasteiger partial charge in [0.25, 0.3) is 0 Å². The Morgan fingerprint density at radius 3 is 2.83 bits per heavy atom. The van der Waals surface area contributed by atoms with Crippen LogP contribution in [0.15, 0.2) is 51.9 Å². The molecule has 0 amide bonds. The quantitative estimate of drug-likeness (QED) is 0.542. The van der Waals surface area contributed by atoms with Gasteiger partial charge in [-0.1, -0.05) is 29.8 Å². The van der Waals surface area contributed by atoms with Crippen molar-refractivity contribution in [2.24, 2.45) is 10.7 Å². The Hall–Kier alpha value is -2.30. The highest BCUT2D eigenvalue weighted by molar-refractivity contribution is 6.31.